The third-order valence-electron chi connectivity index (χ3n) is 7.13. The zero-order valence-corrected chi connectivity index (χ0v) is 24.3. The lowest BCUT2D eigenvalue weighted by Gasteiger charge is -2.05. The second-order valence-corrected chi connectivity index (χ2v) is 10.8. The predicted octanol–water partition coefficient (Wildman–Crippen LogP) is 11.7. The molecule has 0 saturated heterocycles. The van der Waals surface area contributed by atoms with Gasteiger partial charge in [0.15, 0.2) is 0 Å². The Kier molecular flexibility index (Phi) is 30.5. The number of hydrogen-bond acceptors (Lipinski definition) is 2. The van der Waals surface area contributed by atoms with Gasteiger partial charge in [-0.05, 0) is 25.7 Å². The van der Waals surface area contributed by atoms with Crippen LogP contribution >= 0.6 is 0 Å². The highest BCUT2D eigenvalue weighted by molar-refractivity contribution is 5.69. The van der Waals surface area contributed by atoms with E-state index >= 15 is 0 Å². The normalized spacial score (nSPS) is 11.5. The van der Waals surface area contributed by atoms with Crippen LogP contribution in [-0.2, 0) is 9.53 Å². The van der Waals surface area contributed by atoms with Gasteiger partial charge in [-0.15, -0.1) is 0 Å². The number of allylic oxidation sites excluding steroid dienone is 2. The lowest BCUT2D eigenvalue weighted by Crippen LogP contribution is -2.05. The van der Waals surface area contributed by atoms with Crippen LogP contribution in [0.3, 0.4) is 0 Å². The minimum atomic E-state index is -0.00398. The highest BCUT2D eigenvalue weighted by atomic mass is 16.5. The van der Waals surface area contributed by atoms with Crippen LogP contribution in [0.15, 0.2) is 12.2 Å². The molecular formula is C33H64O2. The minimum Gasteiger partial charge on any atom is -0.466 e. The smallest absolute Gasteiger partial charge is 0.305 e. The minimum absolute atomic E-state index is 0.00398. The molecule has 0 aromatic rings. The summed E-state index contributed by atoms with van der Waals surface area (Å²) >= 11 is 0. The maximum atomic E-state index is 11.7. The van der Waals surface area contributed by atoms with E-state index in [9.17, 15) is 4.79 Å². The van der Waals surface area contributed by atoms with E-state index in [0.717, 1.165) is 25.7 Å². The lowest BCUT2D eigenvalue weighted by atomic mass is 10.0. The molecule has 0 fully saturated rings. The van der Waals surface area contributed by atoms with Gasteiger partial charge < -0.3 is 4.74 Å². The first-order chi connectivity index (χ1) is 17.3. The van der Waals surface area contributed by atoms with Gasteiger partial charge >= 0.3 is 5.97 Å². The quantitative estimate of drug-likeness (QED) is 0.0589. The van der Waals surface area contributed by atoms with Crippen molar-refractivity contribution in [1.29, 1.82) is 0 Å². The summed E-state index contributed by atoms with van der Waals surface area (Å²) in [5.41, 5.74) is 0. The number of carbonyl (C=O) groups excluding carboxylic acids is 1. The van der Waals surface area contributed by atoms with Gasteiger partial charge in [-0.3, -0.25) is 4.79 Å². The van der Waals surface area contributed by atoms with E-state index in [-0.39, 0.29) is 5.97 Å². The fourth-order valence-electron chi connectivity index (χ4n) is 4.74. The highest BCUT2D eigenvalue weighted by Gasteiger charge is 2.02. The molecule has 0 aliphatic heterocycles. The summed E-state index contributed by atoms with van der Waals surface area (Å²) in [5.74, 6) is -0.00398. The van der Waals surface area contributed by atoms with Gasteiger partial charge in [-0.25, -0.2) is 0 Å². The van der Waals surface area contributed by atoms with Crippen LogP contribution in [0.5, 0.6) is 0 Å². The van der Waals surface area contributed by atoms with Gasteiger partial charge in [-0.1, -0.05) is 167 Å². The first-order valence-corrected chi connectivity index (χ1v) is 16.1. The fourth-order valence-corrected chi connectivity index (χ4v) is 4.74. The first kappa shape index (κ1) is 34.2. The van der Waals surface area contributed by atoms with Crippen molar-refractivity contribution in [3.63, 3.8) is 0 Å². The van der Waals surface area contributed by atoms with Crippen molar-refractivity contribution in [1.82, 2.24) is 0 Å². The lowest BCUT2D eigenvalue weighted by molar-refractivity contribution is -0.143. The molecule has 208 valence electrons. The molecule has 0 rings (SSSR count). The van der Waals surface area contributed by atoms with Crippen LogP contribution in [0.25, 0.3) is 0 Å². The topological polar surface area (TPSA) is 26.3 Å². The number of rotatable bonds is 29. The van der Waals surface area contributed by atoms with Crippen LogP contribution < -0.4 is 0 Å². The molecule has 0 aromatic heterocycles. The summed E-state index contributed by atoms with van der Waals surface area (Å²) in [6.45, 7) is 5.06. The van der Waals surface area contributed by atoms with E-state index < -0.39 is 0 Å². The predicted molar refractivity (Wildman–Crippen MR) is 156 cm³/mol. The second kappa shape index (κ2) is 31.2. The molecule has 2 heteroatoms. The fraction of sp³-hybridized carbons (Fsp3) is 0.909. The van der Waals surface area contributed by atoms with E-state index in [0.29, 0.717) is 13.0 Å². The van der Waals surface area contributed by atoms with Gasteiger partial charge in [0.05, 0.1) is 6.61 Å². The first-order valence-electron chi connectivity index (χ1n) is 16.1. The third kappa shape index (κ3) is 31.2. The largest absolute Gasteiger partial charge is 0.466 e. The van der Waals surface area contributed by atoms with Crippen LogP contribution in [0.4, 0.5) is 0 Å². The SMILES string of the molecule is CCC/C=C/CCCOC(=O)CCCCCCCCCCCCCCCCCCCCCCCC. The molecule has 0 spiro atoms. The molecule has 0 bridgehead atoms. The Morgan fingerprint density at radius 1 is 0.457 bits per heavy atom. The molecule has 0 aromatic carbocycles. The standard InChI is InChI=1S/C33H64O2/c1-3-5-7-9-11-12-13-14-15-16-17-18-19-20-21-22-23-24-25-26-27-29-31-33(34)35-32-30-28-10-8-6-4-2/h8,10H,3-7,9,11-32H2,1-2H3/b10-8+. The van der Waals surface area contributed by atoms with Gasteiger partial charge in [-0.2, -0.15) is 0 Å². The maximum Gasteiger partial charge on any atom is 0.305 e. The molecule has 0 radical (unpaired) electrons. The van der Waals surface area contributed by atoms with Gasteiger partial charge in [0, 0.05) is 6.42 Å². The van der Waals surface area contributed by atoms with Gasteiger partial charge in [0.2, 0.25) is 0 Å². The van der Waals surface area contributed by atoms with E-state index in [1.165, 1.54) is 141 Å². The zero-order chi connectivity index (χ0) is 25.5. The summed E-state index contributed by atoms with van der Waals surface area (Å²) in [6, 6.07) is 0. The molecule has 0 heterocycles. The average molecular weight is 493 g/mol. The number of esters is 1. The van der Waals surface area contributed by atoms with Crippen LogP contribution in [0, 0.1) is 0 Å². The van der Waals surface area contributed by atoms with E-state index in [2.05, 4.69) is 26.0 Å². The summed E-state index contributed by atoms with van der Waals surface area (Å²) in [6.07, 6.45) is 40.0. The van der Waals surface area contributed by atoms with Crippen LogP contribution in [0.1, 0.15) is 187 Å². The number of hydrogen-bond donors (Lipinski definition) is 0. The molecule has 35 heavy (non-hydrogen) atoms. The monoisotopic (exact) mass is 492 g/mol. The van der Waals surface area contributed by atoms with Crippen molar-refractivity contribution in [3.05, 3.63) is 12.2 Å². The third-order valence-corrected chi connectivity index (χ3v) is 7.13. The molecule has 0 aliphatic rings. The molecule has 0 aliphatic carbocycles. The Morgan fingerprint density at radius 2 is 0.829 bits per heavy atom. The van der Waals surface area contributed by atoms with Gasteiger partial charge in [0.25, 0.3) is 0 Å². The summed E-state index contributed by atoms with van der Waals surface area (Å²) in [5, 5.41) is 0. The molecule has 2 nitrogen and oxygen atoms in total. The van der Waals surface area contributed by atoms with E-state index in [1.54, 1.807) is 0 Å². The van der Waals surface area contributed by atoms with Crippen molar-refractivity contribution < 1.29 is 9.53 Å². The van der Waals surface area contributed by atoms with E-state index in [4.69, 9.17) is 4.74 Å². The Bertz CT molecular complexity index is 429. The van der Waals surface area contributed by atoms with Gasteiger partial charge in [0.1, 0.15) is 0 Å². The van der Waals surface area contributed by atoms with Crippen LogP contribution in [0.2, 0.25) is 0 Å². The highest BCUT2D eigenvalue weighted by Crippen LogP contribution is 2.15. The zero-order valence-electron chi connectivity index (χ0n) is 24.3. The Balaban J connectivity index is 3.12. The van der Waals surface area contributed by atoms with Crippen LogP contribution in [-0.4, -0.2) is 12.6 Å². The molecule has 0 saturated carbocycles. The Morgan fingerprint density at radius 3 is 1.23 bits per heavy atom. The summed E-state index contributed by atoms with van der Waals surface area (Å²) in [7, 11) is 0. The molecular weight excluding hydrogens is 428 g/mol. The summed E-state index contributed by atoms with van der Waals surface area (Å²) in [4.78, 5) is 11.7. The average Bonchev–Trinajstić information content (AvgIpc) is 2.86. The second-order valence-electron chi connectivity index (χ2n) is 10.8. The van der Waals surface area contributed by atoms with Crippen molar-refractivity contribution in [2.75, 3.05) is 6.61 Å². The maximum absolute atomic E-state index is 11.7. The van der Waals surface area contributed by atoms with Crippen molar-refractivity contribution in [2.45, 2.75) is 187 Å². The number of ether oxygens (including phenoxy) is 1. The number of carbonyl (C=O) groups is 1. The molecule has 0 atom stereocenters. The van der Waals surface area contributed by atoms with Crippen molar-refractivity contribution >= 4 is 5.97 Å². The molecule has 0 amide bonds. The molecule has 0 unspecified atom stereocenters. The summed E-state index contributed by atoms with van der Waals surface area (Å²) < 4.78 is 5.32. The Labute approximate surface area is 221 Å². The Hall–Kier alpha value is -0.790. The molecule has 0 N–H and O–H groups in total. The van der Waals surface area contributed by atoms with E-state index in [1.807, 2.05) is 0 Å². The van der Waals surface area contributed by atoms with Crippen molar-refractivity contribution in [3.8, 4) is 0 Å². The van der Waals surface area contributed by atoms with Crippen molar-refractivity contribution in [2.24, 2.45) is 0 Å². The number of unbranched alkanes of at least 4 members (excludes halogenated alkanes) is 23.